The fraction of sp³-hybridized carbons (Fsp3) is 1.00. The molecule has 1 atom stereocenters. The number of hydrogen-bond donors (Lipinski definition) is 2. The van der Waals surface area contributed by atoms with Crippen LogP contribution >= 0.6 is 11.8 Å². The van der Waals surface area contributed by atoms with Crippen LogP contribution in [0.25, 0.3) is 0 Å². The third-order valence-corrected chi connectivity index (χ3v) is 4.37. The van der Waals surface area contributed by atoms with Gasteiger partial charge in [-0.15, -0.1) is 0 Å². The fourth-order valence-corrected chi connectivity index (χ4v) is 2.99. The molecular formula is C11H22N2S. The molecule has 2 N–H and O–H groups in total. The molecule has 0 aromatic carbocycles. The maximum absolute atomic E-state index is 3.68. The third kappa shape index (κ3) is 4.20. The first-order chi connectivity index (χ1) is 6.95. The van der Waals surface area contributed by atoms with E-state index in [0.717, 1.165) is 11.3 Å². The molecule has 14 heavy (non-hydrogen) atoms. The molecule has 1 unspecified atom stereocenters. The summed E-state index contributed by atoms with van der Waals surface area (Å²) < 4.78 is 0. The Morgan fingerprint density at radius 1 is 1.14 bits per heavy atom. The summed E-state index contributed by atoms with van der Waals surface area (Å²) in [5.41, 5.74) is 0. The highest BCUT2D eigenvalue weighted by Gasteiger charge is 2.21. The van der Waals surface area contributed by atoms with Gasteiger partial charge in [-0.3, -0.25) is 0 Å². The van der Waals surface area contributed by atoms with Gasteiger partial charge in [-0.2, -0.15) is 11.8 Å². The molecule has 0 radical (unpaired) electrons. The lowest BCUT2D eigenvalue weighted by Gasteiger charge is -2.15. The normalized spacial score (nSPS) is 28.7. The quantitative estimate of drug-likeness (QED) is 0.680. The van der Waals surface area contributed by atoms with Crippen molar-refractivity contribution >= 4 is 11.8 Å². The molecule has 1 heterocycles. The predicted octanol–water partition coefficient (Wildman–Crippen LogP) is 1.61. The van der Waals surface area contributed by atoms with Gasteiger partial charge in [0.25, 0.3) is 0 Å². The second-order valence-electron chi connectivity index (χ2n) is 4.40. The monoisotopic (exact) mass is 214 g/mol. The van der Waals surface area contributed by atoms with E-state index >= 15 is 0 Å². The average Bonchev–Trinajstić information content (AvgIpc) is 3.01. The third-order valence-electron chi connectivity index (χ3n) is 2.99. The zero-order valence-corrected chi connectivity index (χ0v) is 9.74. The molecule has 1 aliphatic heterocycles. The van der Waals surface area contributed by atoms with Gasteiger partial charge in [0.1, 0.15) is 0 Å². The largest absolute Gasteiger partial charge is 0.317 e. The summed E-state index contributed by atoms with van der Waals surface area (Å²) >= 11 is 2.16. The Kier molecular flexibility index (Phi) is 4.61. The summed E-state index contributed by atoms with van der Waals surface area (Å²) in [6, 6.07) is 0.782. The van der Waals surface area contributed by atoms with Crippen LogP contribution in [0, 0.1) is 0 Å². The Balaban J connectivity index is 1.49. The minimum atomic E-state index is 0.782. The Hall–Kier alpha value is 0.270. The van der Waals surface area contributed by atoms with E-state index in [-0.39, 0.29) is 0 Å². The van der Waals surface area contributed by atoms with E-state index in [4.69, 9.17) is 0 Å². The van der Waals surface area contributed by atoms with E-state index in [0.29, 0.717) is 0 Å². The van der Waals surface area contributed by atoms with Gasteiger partial charge in [-0.25, -0.2) is 0 Å². The lowest BCUT2D eigenvalue weighted by atomic mass is 10.1. The smallest absolute Gasteiger partial charge is 0.00799 e. The van der Waals surface area contributed by atoms with Crippen molar-refractivity contribution in [2.75, 3.05) is 25.4 Å². The number of thioether (sulfide) groups is 1. The lowest BCUT2D eigenvalue weighted by Crippen LogP contribution is -2.31. The summed E-state index contributed by atoms with van der Waals surface area (Å²) in [6.07, 6.45) is 6.96. The molecule has 2 rings (SSSR count). The van der Waals surface area contributed by atoms with E-state index in [1.807, 2.05) is 0 Å². The molecule has 2 nitrogen and oxygen atoms in total. The van der Waals surface area contributed by atoms with Crippen molar-refractivity contribution in [3.05, 3.63) is 0 Å². The number of nitrogens with one attached hydrogen (secondary N) is 2. The van der Waals surface area contributed by atoms with Gasteiger partial charge < -0.3 is 10.6 Å². The van der Waals surface area contributed by atoms with Crippen molar-refractivity contribution < 1.29 is 0 Å². The van der Waals surface area contributed by atoms with E-state index in [1.165, 1.54) is 57.5 Å². The van der Waals surface area contributed by atoms with Crippen molar-refractivity contribution in [3.63, 3.8) is 0 Å². The van der Waals surface area contributed by atoms with Crippen molar-refractivity contribution in [2.24, 2.45) is 0 Å². The van der Waals surface area contributed by atoms with E-state index < -0.39 is 0 Å². The van der Waals surface area contributed by atoms with Crippen LogP contribution in [0.1, 0.15) is 32.1 Å². The van der Waals surface area contributed by atoms with Gasteiger partial charge in [0.2, 0.25) is 0 Å². The Morgan fingerprint density at radius 2 is 2.07 bits per heavy atom. The van der Waals surface area contributed by atoms with Gasteiger partial charge >= 0.3 is 0 Å². The topological polar surface area (TPSA) is 24.1 Å². The minimum Gasteiger partial charge on any atom is -0.317 e. The fourth-order valence-electron chi connectivity index (χ4n) is 1.95. The summed E-state index contributed by atoms with van der Waals surface area (Å²) in [4.78, 5) is 0. The van der Waals surface area contributed by atoms with Gasteiger partial charge in [-0.05, 0) is 45.2 Å². The Morgan fingerprint density at radius 3 is 2.93 bits per heavy atom. The highest BCUT2D eigenvalue weighted by Crippen LogP contribution is 2.33. The van der Waals surface area contributed by atoms with Crippen LogP contribution in [0.15, 0.2) is 0 Å². The SMILES string of the molecule is C1CNCCC(NCCSC2CC2)C1. The van der Waals surface area contributed by atoms with Crippen LogP contribution in [0.2, 0.25) is 0 Å². The minimum absolute atomic E-state index is 0.782. The van der Waals surface area contributed by atoms with Gasteiger partial charge in [-0.1, -0.05) is 0 Å². The van der Waals surface area contributed by atoms with Crippen molar-refractivity contribution in [1.29, 1.82) is 0 Å². The zero-order valence-electron chi connectivity index (χ0n) is 8.93. The van der Waals surface area contributed by atoms with Crippen LogP contribution in [-0.4, -0.2) is 36.7 Å². The Labute approximate surface area is 91.6 Å². The number of hydrogen-bond acceptors (Lipinski definition) is 3. The molecule has 2 aliphatic rings. The summed E-state index contributed by atoms with van der Waals surface area (Å²) in [5.74, 6) is 1.31. The van der Waals surface area contributed by atoms with Crippen molar-refractivity contribution in [2.45, 2.75) is 43.4 Å². The van der Waals surface area contributed by atoms with Gasteiger partial charge in [0.15, 0.2) is 0 Å². The highest BCUT2D eigenvalue weighted by molar-refractivity contribution is 8.00. The van der Waals surface area contributed by atoms with Crippen LogP contribution in [0.5, 0.6) is 0 Å². The maximum Gasteiger partial charge on any atom is 0.00799 e. The van der Waals surface area contributed by atoms with Crippen molar-refractivity contribution in [1.82, 2.24) is 10.6 Å². The molecule has 0 amide bonds. The molecular weight excluding hydrogens is 192 g/mol. The molecule has 1 saturated carbocycles. The molecule has 82 valence electrons. The first-order valence-electron chi connectivity index (χ1n) is 6.01. The molecule has 0 bridgehead atoms. The van der Waals surface area contributed by atoms with Crippen molar-refractivity contribution in [3.8, 4) is 0 Å². The lowest BCUT2D eigenvalue weighted by molar-refractivity contribution is 0.484. The molecule has 0 aromatic rings. The van der Waals surface area contributed by atoms with Crippen LogP contribution in [0.4, 0.5) is 0 Å². The van der Waals surface area contributed by atoms with Crippen LogP contribution < -0.4 is 10.6 Å². The van der Waals surface area contributed by atoms with Gasteiger partial charge in [0, 0.05) is 23.6 Å². The standard InChI is InChI=1S/C11H22N2S/c1-2-10(5-7-12-6-1)13-8-9-14-11-3-4-11/h10-13H,1-9H2. The second kappa shape index (κ2) is 5.99. The second-order valence-corrected chi connectivity index (χ2v) is 5.81. The summed E-state index contributed by atoms with van der Waals surface area (Å²) in [6.45, 7) is 3.63. The first-order valence-corrected chi connectivity index (χ1v) is 7.06. The molecule has 1 aliphatic carbocycles. The number of rotatable bonds is 5. The van der Waals surface area contributed by atoms with Crippen LogP contribution in [0.3, 0.4) is 0 Å². The zero-order chi connectivity index (χ0) is 9.64. The molecule has 0 aromatic heterocycles. The molecule has 1 saturated heterocycles. The summed E-state index contributed by atoms with van der Waals surface area (Å²) in [5, 5.41) is 8.16. The van der Waals surface area contributed by atoms with E-state index in [1.54, 1.807) is 0 Å². The molecule has 2 fully saturated rings. The highest BCUT2D eigenvalue weighted by atomic mass is 32.2. The predicted molar refractivity (Wildman–Crippen MR) is 64.0 cm³/mol. The first kappa shape index (κ1) is 10.8. The van der Waals surface area contributed by atoms with Crippen LogP contribution in [-0.2, 0) is 0 Å². The summed E-state index contributed by atoms with van der Waals surface area (Å²) in [7, 11) is 0. The van der Waals surface area contributed by atoms with E-state index in [2.05, 4.69) is 22.4 Å². The molecule has 0 spiro atoms. The molecule has 3 heteroatoms. The van der Waals surface area contributed by atoms with E-state index in [9.17, 15) is 0 Å². The van der Waals surface area contributed by atoms with Gasteiger partial charge in [0.05, 0.1) is 0 Å². The maximum atomic E-state index is 3.68. The Bertz CT molecular complexity index is 151. The average molecular weight is 214 g/mol.